The number of aromatic nitrogens is 6. The molecule has 2 aromatic heterocycles. The standard InChI is InChI=1S/C20H20N6O3S/c1-25-19(11-26-16-7-5-4-6-15(16)21-24-26)22-23-20(25)30-12-17(27)14-10-13(28-2)8-9-18(14)29-3/h4-10H,11-12H2,1-3H3. The minimum atomic E-state index is -0.0810. The molecule has 10 heteroatoms. The average Bonchev–Trinajstić information content (AvgIpc) is 3.35. The van der Waals surface area contributed by atoms with E-state index in [1.165, 1.54) is 18.9 Å². The fourth-order valence-corrected chi connectivity index (χ4v) is 3.83. The van der Waals surface area contributed by atoms with Gasteiger partial charge in [0.25, 0.3) is 0 Å². The molecule has 2 aromatic carbocycles. The fourth-order valence-electron chi connectivity index (χ4n) is 3.02. The lowest BCUT2D eigenvalue weighted by Crippen LogP contribution is -2.09. The number of benzene rings is 2. The highest BCUT2D eigenvalue weighted by Gasteiger charge is 2.17. The van der Waals surface area contributed by atoms with Gasteiger partial charge in [0.05, 0.1) is 31.1 Å². The lowest BCUT2D eigenvalue weighted by Gasteiger charge is -2.09. The number of ketones is 1. The summed E-state index contributed by atoms with van der Waals surface area (Å²) in [5, 5.41) is 17.5. The lowest BCUT2D eigenvalue weighted by molar-refractivity contribution is 0.101. The Kier molecular flexibility index (Phi) is 5.66. The van der Waals surface area contributed by atoms with Crippen LogP contribution in [0.15, 0.2) is 47.6 Å². The third kappa shape index (κ3) is 3.86. The van der Waals surface area contributed by atoms with E-state index in [0.717, 1.165) is 16.9 Å². The van der Waals surface area contributed by atoms with Gasteiger partial charge in [-0.3, -0.25) is 4.79 Å². The summed E-state index contributed by atoms with van der Waals surface area (Å²) in [6, 6.07) is 12.9. The van der Waals surface area contributed by atoms with Crippen molar-refractivity contribution < 1.29 is 14.3 Å². The van der Waals surface area contributed by atoms with E-state index in [9.17, 15) is 4.79 Å². The van der Waals surface area contributed by atoms with Gasteiger partial charge in [0, 0.05) is 7.05 Å². The number of hydrogen-bond acceptors (Lipinski definition) is 8. The van der Waals surface area contributed by atoms with Gasteiger partial charge in [-0.1, -0.05) is 29.1 Å². The highest BCUT2D eigenvalue weighted by molar-refractivity contribution is 7.99. The van der Waals surface area contributed by atoms with E-state index in [4.69, 9.17) is 9.47 Å². The molecule has 0 aliphatic carbocycles. The molecule has 0 aliphatic heterocycles. The zero-order chi connectivity index (χ0) is 21.1. The van der Waals surface area contributed by atoms with Crippen molar-refractivity contribution in [1.29, 1.82) is 0 Å². The number of thioether (sulfide) groups is 1. The Hall–Kier alpha value is -3.40. The van der Waals surface area contributed by atoms with E-state index in [1.54, 1.807) is 30.0 Å². The van der Waals surface area contributed by atoms with Crippen LogP contribution in [0.1, 0.15) is 16.2 Å². The smallest absolute Gasteiger partial charge is 0.191 e. The number of hydrogen-bond donors (Lipinski definition) is 0. The summed E-state index contributed by atoms with van der Waals surface area (Å²) in [7, 11) is 4.96. The third-order valence-corrected chi connectivity index (χ3v) is 5.70. The molecule has 0 atom stereocenters. The lowest BCUT2D eigenvalue weighted by atomic mass is 10.1. The Labute approximate surface area is 177 Å². The van der Waals surface area contributed by atoms with Crippen LogP contribution in [0.5, 0.6) is 11.5 Å². The summed E-state index contributed by atoms with van der Waals surface area (Å²) in [6.07, 6.45) is 0. The van der Waals surface area contributed by atoms with Crippen molar-refractivity contribution in [3.8, 4) is 11.5 Å². The van der Waals surface area contributed by atoms with Crippen molar-refractivity contribution >= 4 is 28.6 Å². The molecule has 0 unspecified atom stereocenters. The summed E-state index contributed by atoms with van der Waals surface area (Å²) < 4.78 is 14.2. The Morgan fingerprint density at radius 2 is 1.90 bits per heavy atom. The van der Waals surface area contributed by atoms with Gasteiger partial charge in [-0.15, -0.1) is 15.3 Å². The van der Waals surface area contributed by atoms with E-state index in [-0.39, 0.29) is 11.5 Å². The largest absolute Gasteiger partial charge is 0.497 e. The van der Waals surface area contributed by atoms with Gasteiger partial charge in [0.1, 0.15) is 23.6 Å². The van der Waals surface area contributed by atoms with Crippen molar-refractivity contribution in [1.82, 2.24) is 29.8 Å². The predicted molar refractivity (Wildman–Crippen MR) is 112 cm³/mol. The fraction of sp³-hybridized carbons (Fsp3) is 0.250. The SMILES string of the molecule is COc1ccc(OC)c(C(=O)CSc2nnc(Cn3nnc4ccccc43)n2C)c1. The van der Waals surface area contributed by atoms with Crippen LogP contribution in [0, 0.1) is 0 Å². The number of ether oxygens (including phenoxy) is 2. The van der Waals surface area contributed by atoms with Crippen molar-refractivity contribution in [2.75, 3.05) is 20.0 Å². The number of nitrogens with zero attached hydrogens (tertiary/aromatic N) is 6. The molecule has 0 fully saturated rings. The second-order valence-corrected chi connectivity index (χ2v) is 7.41. The minimum absolute atomic E-state index is 0.0810. The van der Waals surface area contributed by atoms with Crippen molar-refractivity contribution in [3.63, 3.8) is 0 Å². The van der Waals surface area contributed by atoms with E-state index >= 15 is 0 Å². The summed E-state index contributed by atoms with van der Waals surface area (Å²) in [5.41, 5.74) is 2.22. The van der Waals surface area contributed by atoms with Crippen LogP contribution in [0.3, 0.4) is 0 Å². The van der Waals surface area contributed by atoms with Gasteiger partial charge in [0.2, 0.25) is 0 Å². The van der Waals surface area contributed by atoms with Crippen LogP contribution >= 0.6 is 11.8 Å². The van der Waals surface area contributed by atoms with Gasteiger partial charge in [-0.05, 0) is 30.3 Å². The molecule has 4 aromatic rings. The molecule has 2 heterocycles. The average molecular weight is 424 g/mol. The van der Waals surface area contributed by atoms with Crippen molar-refractivity contribution in [2.45, 2.75) is 11.7 Å². The van der Waals surface area contributed by atoms with Gasteiger partial charge in [0.15, 0.2) is 16.8 Å². The number of rotatable bonds is 8. The first-order chi connectivity index (χ1) is 14.6. The number of carbonyl (C=O) groups is 1. The number of Topliss-reactive ketones (excluding diaryl/α,β-unsaturated/α-hetero) is 1. The second kappa shape index (κ2) is 8.54. The van der Waals surface area contributed by atoms with E-state index < -0.39 is 0 Å². The maximum atomic E-state index is 12.8. The van der Waals surface area contributed by atoms with Gasteiger partial charge in [-0.2, -0.15) is 0 Å². The molecule has 0 bridgehead atoms. The number of carbonyl (C=O) groups excluding carboxylic acids is 1. The van der Waals surface area contributed by atoms with E-state index in [2.05, 4.69) is 20.5 Å². The third-order valence-electron chi connectivity index (χ3n) is 4.68. The Balaban J connectivity index is 1.48. The van der Waals surface area contributed by atoms with Crippen LogP contribution in [-0.4, -0.2) is 55.5 Å². The normalized spacial score (nSPS) is 11.0. The van der Waals surface area contributed by atoms with Gasteiger partial charge < -0.3 is 14.0 Å². The zero-order valence-electron chi connectivity index (χ0n) is 16.8. The highest BCUT2D eigenvalue weighted by Crippen LogP contribution is 2.26. The maximum absolute atomic E-state index is 12.8. The zero-order valence-corrected chi connectivity index (χ0v) is 17.6. The Morgan fingerprint density at radius 3 is 2.70 bits per heavy atom. The second-order valence-electron chi connectivity index (χ2n) is 6.47. The summed E-state index contributed by atoms with van der Waals surface area (Å²) in [4.78, 5) is 12.8. The maximum Gasteiger partial charge on any atom is 0.191 e. The predicted octanol–water partition coefficient (Wildman–Crippen LogP) is 2.60. The topological polar surface area (TPSA) is 97.0 Å². The highest BCUT2D eigenvalue weighted by atomic mass is 32.2. The summed E-state index contributed by atoms with van der Waals surface area (Å²) in [6.45, 7) is 0.433. The Bertz CT molecular complexity index is 1200. The molecule has 0 spiro atoms. The summed E-state index contributed by atoms with van der Waals surface area (Å²) >= 11 is 1.32. The monoisotopic (exact) mass is 424 g/mol. The van der Waals surface area contributed by atoms with E-state index in [1.807, 2.05) is 35.9 Å². The van der Waals surface area contributed by atoms with Crippen LogP contribution in [0.4, 0.5) is 0 Å². The van der Waals surface area contributed by atoms with Crippen LogP contribution in [-0.2, 0) is 13.6 Å². The molecule has 0 saturated heterocycles. The molecule has 0 radical (unpaired) electrons. The van der Waals surface area contributed by atoms with Crippen molar-refractivity contribution in [3.05, 3.63) is 53.9 Å². The molecule has 154 valence electrons. The quantitative estimate of drug-likeness (QED) is 0.315. The molecular formula is C20H20N6O3S. The van der Waals surface area contributed by atoms with E-state index in [0.29, 0.717) is 28.8 Å². The molecule has 4 rings (SSSR count). The van der Waals surface area contributed by atoms with Crippen LogP contribution in [0.25, 0.3) is 11.0 Å². The van der Waals surface area contributed by atoms with Gasteiger partial charge >= 0.3 is 0 Å². The first-order valence-corrected chi connectivity index (χ1v) is 10.1. The first-order valence-electron chi connectivity index (χ1n) is 9.15. The minimum Gasteiger partial charge on any atom is -0.497 e. The summed E-state index contributed by atoms with van der Waals surface area (Å²) in [5.74, 6) is 1.95. The van der Waals surface area contributed by atoms with Crippen molar-refractivity contribution in [2.24, 2.45) is 7.05 Å². The van der Waals surface area contributed by atoms with Crippen LogP contribution < -0.4 is 9.47 Å². The molecular weight excluding hydrogens is 404 g/mol. The molecule has 0 aliphatic rings. The molecule has 9 nitrogen and oxygen atoms in total. The Morgan fingerprint density at radius 1 is 1.07 bits per heavy atom. The molecule has 30 heavy (non-hydrogen) atoms. The number of fused-ring (bicyclic) bond motifs is 1. The molecule has 0 saturated carbocycles. The number of para-hydroxylation sites is 1. The molecule has 0 N–H and O–H groups in total. The van der Waals surface area contributed by atoms with Gasteiger partial charge in [-0.25, -0.2) is 4.68 Å². The first kappa shape index (κ1) is 19.9. The molecule has 0 amide bonds. The van der Waals surface area contributed by atoms with Crippen LogP contribution in [0.2, 0.25) is 0 Å². The number of methoxy groups -OCH3 is 2.